The molecule has 0 atom stereocenters. The molecule has 0 unspecified atom stereocenters. The summed E-state index contributed by atoms with van der Waals surface area (Å²) in [5.74, 6) is 0.723. The molecule has 0 radical (unpaired) electrons. The van der Waals surface area contributed by atoms with Gasteiger partial charge in [-0.25, -0.2) is 0 Å². The Morgan fingerprint density at radius 3 is 2.72 bits per heavy atom. The van der Waals surface area contributed by atoms with Crippen molar-refractivity contribution in [3.8, 4) is 5.75 Å². The average molecular weight is 314 g/mol. The lowest BCUT2D eigenvalue weighted by Crippen LogP contribution is -2.28. The molecule has 4 heteroatoms. The summed E-state index contributed by atoms with van der Waals surface area (Å²) in [4.78, 5) is 14.0. The summed E-state index contributed by atoms with van der Waals surface area (Å²) >= 11 is 3.41. The molecule has 1 amide bonds. The lowest BCUT2D eigenvalue weighted by atomic mass is 10.1. The van der Waals surface area contributed by atoms with Crippen molar-refractivity contribution in [2.75, 3.05) is 20.7 Å². The lowest BCUT2D eigenvalue weighted by molar-refractivity contribution is 0.0791. The number of benzene rings is 1. The van der Waals surface area contributed by atoms with Crippen molar-refractivity contribution in [2.45, 2.75) is 26.2 Å². The van der Waals surface area contributed by atoms with Crippen molar-refractivity contribution in [2.24, 2.45) is 0 Å². The summed E-state index contributed by atoms with van der Waals surface area (Å²) < 4.78 is 5.95. The van der Waals surface area contributed by atoms with Crippen LogP contribution in [0.4, 0.5) is 0 Å². The zero-order valence-corrected chi connectivity index (χ0v) is 12.8. The number of carbonyl (C=O) groups is 1. The van der Waals surface area contributed by atoms with E-state index in [1.807, 2.05) is 19.2 Å². The Morgan fingerprint density at radius 1 is 1.39 bits per heavy atom. The summed E-state index contributed by atoms with van der Waals surface area (Å²) in [5, 5.41) is 0. The maximum absolute atomic E-state index is 12.3. The van der Waals surface area contributed by atoms with Crippen molar-refractivity contribution in [3.05, 3.63) is 28.2 Å². The van der Waals surface area contributed by atoms with Crippen molar-refractivity contribution in [1.29, 1.82) is 0 Å². The van der Waals surface area contributed by atoms with Crippen LogP contribution in [0, 0.1) is 0 Å². The maximum Gasteiger partial charge on any atom is 0.254 e. The first-order chi connectivity index (χ1) is 8.60. The van der Waals surface area contributed by atoms with Gasteiger partial charge in [0, 0.05) is 18.1 Å². The lowest BCUT2D eigenvalue weighted by Gasteiger charge is -2.18. The highest BCUT2D eigenvalue weighted by molar-refractivity contribution is 9.10. The molecular weight excluding hydrogens is 294 g/mol. The second kappa shape index (κ2) is 7.41. The number of ether oxygens (including phenoxy) is 1. The van der Waals surface area contributed by atoms with Crippen LogP contribution in [-0.2, 0) is 0 Å². The number of hydrogen-bond acceptors (Lipinski definition) is 2. The zero-order chi connectivity index (χ0) is 13.5. The molecule has 0 fully saturated rings. The number of carbonyl (C=O) groups excluding carboxylic acids is 1. The largest absolute Gasteiger partial charge is 0.497 e. The van der Waals surface area contributed by atoms with Gasteiger partial charge in [0.15, 0.2) is 0 Å². The highest BCUT2D eigenvalue weighted by Gasteiger charge is 2.15. The van der Waals surface area contributed by atoms with Gasteiger partial charge in [-0.05, 0) is 40.5 Å². The molecular formula is C14H20BrNO2. The third kappa shape index (κ3) is 4.02. The van der Waals surface area contributed by atoms with Crippen LogP contribution >= 0.6 is 15.9 Å². The minimum absolute atomic E-state index is 0.0249. The van der Waals surface area contributed by atoms with E-state index in [1.165, 1.54) is 0 Å². The minimum Gasteiger partial charge on any atom is -0.497 e. The molecule has 1 aromatic carbocycles. The monoisotopic (exact) mass is 313 g/mol. The molecule has 0 aromatic heterocycles. The first kappa shape index (κ1) is 15.0. The van der Waals surface area contributed by atoms with E-state index in [1.54, 1.807) is 18.1 Å². The fraction of sp³-hybridized carbons (Fsp3) is 0.500. The number of unbranched alkanes of at least 4 members (excludes halogenated alkanes) is 2. The van der Waals surface area contributed by atoms with Crippen LogP contribution in [0.2, 0.25) is 0 Å². The zero-order valence-electron chi connectivity index (χ0n) is 11.2. The van der Waals surface area contributed by atoms with E-state index in [0.717, 1.165) is 30.3 Å². The highest BCUT2D eigenvalue weighted by atomic mass is 79.9. The van der Waals surface area contributed by atoms with Gasteiger partial charge in [-0.1, -0.05) is 19.8 Å². The molecule has 18 heavy (non-hydrogen) atoms. The molecule has 0 heterocycles. The van der Waals surface area contributed by atoms with E-state index in [2.05, 4.69) is 22.9 Å². The van der Waals surface area contributed by atoms with Crippen LogP contribution in [-0.4, -0.2) is 31.5 Å². The van der Waals surface area contributed by atoms with Crippen LogP contribution in [0.5, 0.6) is 5.75 Å². The van der Waals surface area contributed by atoms with Gasteiger partial charge < -0.3 is 9.64 Å². The molecule has 0 spiro atoms. The van der Waals surface area contributed by atoms with Gasteiger partial charge in [0.1, 0.15) is 5.75 Å². The second-order valence-corrected chi connectivity index (χ2v) is 5.13. The topological polar surface area (TPSA) is 29.5 Å². The standard InChI is InChI=1S/C14H20BrNO2/c1-4-5-6-9-16(2)14(17)12-10-11(18-3)7-8-13(12)15/h7-8,10H,4-6,9H2,1-3H3. The molecule has 0 saturated heterocycles. The Bertz CT molecular complexity index is 407. The minimum atomic E-state index is 0.0249. The van der Waals surface area contributed by atoms with Crippen molar-refractivity contribution in [3.63, 3.8) is 0 Å². The Hall–Kier alpha value is -1.03. The van der Waals surface area contributed by atoms with Gasteiger partial charge >= 0.3 is 0 Å². The summed E-state index contributed by atoms with van der Waals surface area (Å²) in [6, 6.07) is 5.44. The number of rotatable bonds is 6. The predicted molar refractivity (Wildman–Crippen MR) is 77.2 cm³/mol. The molecule has 100 valence electrons. The Labute approximate surface area is 117 Å². The van der Waals surface area contributed by atoms with Gasteiger partial charge in [-0.15, -0.1) is 0 Å². The molecule has 0 aliphatic heterocycles. The van der Waals surface area contributed by atoms with Crippen LogP contribution in [0.25, 0.3) is 0 Å². The quantitative estimate of drug-likeness (QED) is 0.749. The predicted octanol–water partition coefficient (Wildman–Crippen LogP) is 3.72. The summed E-state index contributed by atoms with van der Waals surface area (Å²) in [6.07, 6.45) is 3.35. The van der Waals surface area contributed by atoms with E-state index in [4.69, 9.17) is 4.74 Å². The summed E-state index contributed by atoms with van der Waals surface area (Å²) in [5.41, 5.74) is 0.647. The first-order valence-electron chi connectivity index (χ1n) is 6.19. The van der Waals surface area contributed by atoms with Crippen molar-refractivity contribution in [1.82, 2.24) is 4.90 Å². The second-order valence-electron chi connectivity index (χ2n) is 4.28. The van der Waals surface area contributed by atoms with Crippen LogP contribution in [0.15, 0.2) is 22.7 Å². The third-order valence-electron chi connectivity index (χ3n) is 2.85. The van der Waals surface area contributed by atoms with Crippen molar-refractivity contribution >= 4 is 21.8 Å². The molecule has 0 aliphatic rings. The van der Waals surface area contributed by atoms with E-state index in [0.29, 0.717) is 11.3 Å². The Balaban J connectivity index is 2.76. The average Bonchev–Trinajstić information content (AvgIpc) is 2.38. The van der Waals surface area contributed by atoms with Gasteiger partial charge in [0.05, 0.1) is 12.7 Å². The highest BCUT2D eigenvalue weighted by Crippen LogP contribution is 2.23. The summed E-state index contributed by atoms with van der Waals surface area (Å²) in [6.45, 7) is 2.94. The van der Waals surface area contributed by atoms with Crippen LogP contribution < -0.4 is 4.74 Å². The normalized spacial score (nSPS) is 10.2. The van der Waals surface area contributed by atoms with Crippen LogP contribution in [0.3, 0.4) is 0 Å². The summed E-state index contributed by atoms with van der Waals surface area (Å²) in [7, 11) is 3.44. The number of nitrogens with zero attached hydrogens (tertiary/aromatic N) is 1. The van der Waals surface area contributed by atoms with Crippen LogP contribution in [0.1, 0.15) is 36.5 Å². The number of amides is 1. The Kier molecular flexibility index (Phi) is 6.19. The molecule has 1 rings (SSSR count). The molecule has 0 saturated carbocycles. The van der Waals surface area contributed by atoms with Gasteiger partial charge in [-0.2, -0.15) is 0 Å². The molecule has 3 nitrogen and oxygen atoms in total. The molecule has 0 bridgehead atoms. The smallest absolute Gasteiger partial charge is 0.254 e. The Morgan fingerprint density at radius 2 is 2.11 bits per heavy atom. The van der Waals surface area contributed by atoms with Crippen molar-refractivity contribution < 1.29 is 9.53 Å². The van der Waals surface area contributed by atoms with Gasteiger partial charge in [0.25, 0.3) is 5.91 Å². The molecule has 0 aliphatic carbocycles. The fourth-order valence-electron chi connectivity index (χ4n) is 1.70. The number of halogens is 1. The number of methoxy groups -OCH3 is 1. The van der Waals surface area contributed by atoms with Gasteiger partial charge in [0.2, 0.25) is 0 Å². The van der Waals surface area contributed by atoms with E-state index < -0.39 is 0 Å². The maximum atomic E-state index is 12.3. The molecule has 0 N–H and O–H groups in total. The fourth-order valence-corrected chi connectivity index (χ4v) is 2.12. The molecule has 1 aromatic rings. The van der Waals surface area contributed by atoms with Gasteiger partial charge in [-0.3, -0.25) is 4.79 Å². The number of hydrogen-bond donors (Lipinski definition) is 0. The third-order valence-corrected chi connectivity index (χ3v) is 3.54. The first-order valence-corrected chi connectivity index (χ1v) is 6.98. The van der Waals surface area contributed by atoms with E-state index in [-0.39, 0.29) is 5.91 Å². The van der Waals surface area contributed by atoms with E-state index >= 15 is 0 Å². The SMILES string of the molecule is CCCCCN(C)C(=O)c1cc(OC)ccc1Br. The van der Waals surface area contributed by atoms with E-state index in [9.17, 15) is 4.79 Å².